The molecule has 156 valence electrons. The molecule has 1 N–H and O–H groups in total. The first-order chi connectivity index (χ1) is 14.1. The zero-order valence-corrected chi connectivity index (χ0v) is 19.5. The molecule has 0 bridgehead atoms. The number of hydrogen-bond donors (Lipinski definition) is 1. The molecule has 4 nitrogen and oxygen atoms in total. The van der Waals surface area contributed by atoms with Gasteiger partial charge in [0.2, 0.25) is 0 Å². The summed E-state index contributed by atoms with van der Waals surface area (Å²) < 4.78 is 0. The van der Waals surface area contributed by atoms with Crippen molar-refractivity contribution in [1.29, 1.82) is 0 Å². The van der Waals surface area contributed by atoms with Gasteiger partial charge in [-0.3, -0.25) is 4.79 Å². The normalized spacial score (nSPS) is 23.1. The van der Waals surface area contributed by atoms with E-state index in [2.05, 4.69) is 62.1 Å². The lowest BCUT2D eigenvalue weighted by molar-refractivity contribution is -0.115. The third-order valence-electron chi connectivity index (χ3n) is 6.00. The number of aryl methyl sites for hydroxylation is 1. The Balaban J connectivity index is 1.66. The molecule has 0 radical (unpaired) electrons. The molecule has 1 saturated heterocycles. The molecule has 2 aliphatic heterocycles. The molecule has 4 rings (SSSR count). The van der Waals surface area contributed by atoms with Gasteiger partial charge in [0.25, 0.3) is 5.91 Å². The first kappa shape index (κ1) is 21.0. The van der Waals surface area contributed by atoms with Crippen molar-refractivity contribution in [3.8, 4) is 0 Å². The predicted octanol–water partition coefficient (Wildman–Crippen LogP) is 6.26. The number of anilines is 1. The van der Waals surface area contributed by atoms with Crippen LogP contribution >= 0.6 is 23.4 Å². The second-order valence-electron chi connectivity index (χ2n) is 8.71. The number of halogens is 1. The number of aliphatic imine (C=N–C) groups is 1. The van der Waals surface area contributed by atoms with Gasteiger partial charge in [-0.15, -0.1) is 0 Å². The summed E-state index contributed by atoms with van der Waals surface area (Å²) in [5, 5.41) is 4.04. The lowest BCUT2D eigenvalue weighted by Gasteiger charge is -2.45. The maximum Gasteiger partial charge on any atom is 0.264 e. The Hall–Kier alpha value is -2.24. The third kappa shape index (κ3) is 4.01. The smallest absolute Gasteiger partial charge is 0.264 e. The minimum atomic E-state index is -0.121. The fraction of sp³-hybridized carbons (Fsp3) is 0.333. The van der Waals surface area contributed by atoms with Crippen LogP contribution in [0.25, 0.3) is 6.08 Å². The molecule has 30 heavy (non-hydrogen) atoms. The summed E-state index contributed by atoms with van der Waals surface area (Å²) in [5.41, 5.74) is 5.71. The van der Waals surface area contributed by atoms with Crippen LogP contribution < -0.4 is 10.2 Å². The van der Waals surface area contributed by atoms with Crippen LogP contribution in [0.15, 0.2) is 46.3 Å². The zero-order valence-electron chi connectivity index (χ0n) is 17.9. The van der Waals surface area contributed by atoms with E-state index in [1.807, 2.05) is 18.2 Å². The minimum absolute atomic E-state index is 0.121. The van der Waals surface area contributed by atoms with Crippen molar-refractivity contribution in [2.24, 2.45) is 4.99 Å². The monoisotopic (exact) mass is 439 g/mol. The van der Waals surface area contributed by atoms with Gasteiger partial charge in [-0.25, -0.2) is 4.99 Å². The molecule has 6 heteroatoms. The van der Waals surface area contributed by atoms with Gasteiger partial charge >= 0.3 is 0 Å². The Morgan fingerprint density at radius 3 is 2.80 bits per heavy atom. The summed E-state index contributed by atoms with van der Waals surface area (Å²) in [6, 6.07) is 11.8. The van der Waals surface area contributed by atoms with Gasteiger partial charge in [0.1, 0.15) is 0 Å². The van der Waals surface area contributed by atoms with Crippen molar-refractivity contribution >= 4 is 51.9 Å². The first-order valence-electron chi connectivity index (χ1n) is 10.1. The Labute approximate surface area is 187 Å². The Kier molecular flexibility index (Phi) is 5.45. The number of benzene rings is 2. The van der Waals surface area contributed by atoms with E-state index in [-0.39, 0.29) is 11.4 Å². The van der Waals surface area contributed by atoms with E-state index in [9.17, 15) is 4.79 Å². The molecule has 0 aromatic heterocycles. The van der Waals surface area contributed by atoms with Gasteiger partial charge in [0, 0.05) is 23.3 Å². The molecule has 0 spiro atoms. The topological polar surface area (TPSA) is 44.7 Å². The van der Waals surface area contributed by atoms with Gasteiger partial charge in [-0.05, 0) is 98.0 Å². The molecular formula is C24H26ClN3OS. The van der Waals surface area contributed by atoms with E-state index < -0.39 is 0 Å². The average Bonchev–Trinajstić information content (AvgIpc) is 2.99. The van der Waals surface area contributed by atoms with E-state index in [0.29, 0.717) is 21.0 Å². The number of carbonyl (C=O) groups excluding carboxylic acids is 1. The molecule has 1 unspecified atom stereocenters. The minimum Gasteiger partial charge on any atom is -0.369 e. The van der Waals surface area contributed by atoms with Crippen molar-refractivity contribution in [3.63, 3.8) is 0 Å². The van der Waals surface area contributed by atoms with Gasteiger partial charge < -0.3 is 10.2 Å². The second kappa shape index (κ2) is 7.78. The summed E-state index contributed by atoms with van der Waals surface area (Å²) in [4.78, 5) is 20.1. The van der Waals surface area contributed by atoms with Crippen LogP contribution in [0.5, 0.6) is 0 Å². The van der Waals surface area contributed by atoms with Crippen LogP contribution in [0.2, 0.25) is 5.02 Å². The number of fused-ring (bicyclic) bond motifs is 1. The lowest BCUT2D eigenvalue weighted by atomic mass is 9.79. The van der Waals surface area contributed by atoms with Crippen LogP contribution in [0.3, 0.4) is 0 Å². The van der Waals surface area contributed by atoms with Crippen molar-refractivity contribution in [2.75, 3.05) is 11.9 Å². The number of carbonyl (C=O) groups is 1. The average molecular weight is 440 g/mol. The molecule has 2 aliphatic rings. The van der Waals surface area contributed by atoms with E-state index in [0.717, 1.165) is 23.2 Å². The highest BCUT2D eigenvalue weighted by Crippen LogP contribution is 2.44. The highest BCUT2D eigenvalue weighted by molar-refractivity contribution is 8.18. The highest BCUT2D eigenvalue weighted by atomic mass is 35.5. The number of amidine groups is 1. The van der Waals surface area contributed by atoms with Crippen LogP contribution in [-0.4, -0.2) is 23.7 Å². The van der Waals surface area contributed by atoms with Crippen LogP contribution in [0.4, 0.5) is 11.4 Å². The molecular weight excluding hydrogens is 414 g/mol. The second-order valence-corrected chi connectivity index (χ2v) is 10.2. The van der Waals surface area contributed by atoms with Gasteiger partial charge in [-0.2, -0.15) is 0 Å². The molecule has 1 atom stereocenters. The number of thioether (sulfide) groups is 1. The predicted molar refractivity (Wildman–Crippen MR) is 129 cm³/mol. The molecule has 1 amide bonds. The quantitative estimate of drug-likeness (QED) is 0.561. The summed E-state index contributed by atoms with van der Waals surface area (Å²) >= 11 is 7.39. The largest absolute Gasteiger partial charge is 0.369 e. The van der Waals surface area contributed by atoms with Gasteiger partial charge in [0.15, 0.2) is 5.17 Å². The van der Waals surface area contributed by atoms with E-state index >= 15 is 0 Å². The number of hydrogen-bond acceptors (Lipinski definition) is 4. The molecule has 0 saturated carbocycles. The van der Waals surface area contributed by atoms with E-state index in [4.69, 9.17) is 11.6 Å². The van der Waals surface area contributed by atoms with Crippen LogP contribution in [0.1, 0.15) is 49.8 Å². The fourth-order valence-electron chi connectivity index (χ4n) is 4.17. The number of nitrogens with one attached hydrogen (secondary N) is 1. The summed E-state index contributed by atoms with van der Waals surface area (Å²) in [5.74, 6) is 0.346. The maximum atomic E-state index is 12.5. The maximum absolute atomic E-state index is 12.5. The number of rotatable bonds is 2. The highest BCUT2D eigenvalue weighted by Gasteiger charge is 2.34. The number of amides is 1. The lowest BCUT2D eigenvalue weighted by Crippen LogP contribution is -2.45. The van der Waals surface area contributed by atoms with E-state index in [1.54, 1.807) is 12.1 Å². The van der Waals surface area contributed by atoms with E-state index in [1.165, 1.54) is 23.0 Å². The summed E-state index contributed by atoms with van der Waals surface area (Å²) in [6.07, 6.45) is 3.07. The molecule has 2 aromatic carbocycles. The SMILES string of the molecule is Cc1cc2c(cc1/C=C1/SC(=Nc3cccc(Cl)c3)NC1=O)C(C)CC(C)(C)N2C. The fourth-order valence-corrected chi connectivity index (χ4v) is 5.19. The number of nitrogens with zero attached hydrogens (tertiary/aromatic N) is 2. The van der Waals surface area contributed by atoms with Crippen molar-refractivity contribution in [1.82, 2.24) is 5.32 Å². The van der Waals surface area contributed by atoms with Crippen molar-refractivity contribution in [2.45, 2.75) is 45.6 Å². The Morgan fingerprint density at radius 1 is 1.30 bits per heavy atom. The Morgan fingerprint density at radius 2 is 2.07 bits per heavy atom. The molecule has 2 aromatic rings. The standard InChI is InChI=1S/C24H26ClN3OS/c1-14-9-20-19(15(2)13-24(3,4)28(20)5)10-16(14)11-21-22(29)27-23(30-21)26-18-8-6-7-17(25)12-18/h6-12,15H,13H2,1-5H3,(H,26,27,29)/b21-11+. The summed E-state index contributed by atoms with van der Waals surface area (Å²) in [6.45, 7) is 8.97. The van der Waals surface area contributed by atoms with Crippen LogP contribution in [-0.2, 0) is 4.79 Å². The van der Waals surface area contributed by atoms with Crippen molar-refractivity contribution < 1.29 is 4.79 Å². The Bertz CT molecular complexity index is 1090. The first-order valence-corrected chi connectivity index (χ1v) is 11.3. The van der Waals surface area contributed by atoms with Gasteiger partial charge in [-0.1, -0.05) is 24.6 Å². The van der Waals surface area contributed by atoms with Crippen LogP contribution in [0, 0.1) is 6.92 Å². The molecule has 0 aliphatic carbocycles. The summed E-state index contributed by atoms with van der Waals surface area (Å²) in [7, 11) is 2.17. The third-order valence-corrected chi connectivity index (χ3v) is 7.14. The van der Waals surface area contributed by atoms with Crippen molar-refractivity contribution in [3.05, 3.63) is 63.0 Å². The molecule has 2 heterocycles. The van der Waals surface area contributed by atoms with Gasteiger partial charge in [0.05, 0.1) is 10.6 Å². The molecule has 1 fully saturated rings. The zero-order chi connectivity index (χ0) is 21.6.